The fraction of sp³-hybridized carbons (Fsp3) is 0.0714. The van der Waals surface area contributed by atoms with Crippen LogP contribution < -0.4 is 10.6 Å². The standard InChI is InChI=1S/C28H23N5O2S/c1-33-26(31-32-28(33)36-18-25(34)29-21-12-3-2-4-13-21)20-11-7-14-22(17-20)30-27(35)24-16-8-10-19-9-5-6-15-23(19)24/h2-17H,18H2,1H3,(H,29,34)(H,30,35). The van der Waals surface area contributed by atoms with Crippen LogP contribution in [0.3, 0.4) is 0 Å². The maximum Gasteiger partial charge on any atom is 0.256 e. The van der Waals surface area contributed by atoms with Gasteiger partial charge >= 0.3 is 0 Å². The zero-order valence-corrected chi connectivity index (χ0v) is 20.3. The van der Waals surface area contributed by atoms with Crippen LogP contribution in [-0.2, 0) is 11.8 Å². The van der Waals surface area contributed by atoms with E-state index in [1.165, 1.54) is 11.8 Å². The van der Waals surface area contributed by atoms with E-state index in [4.69, 9.17) is 0 Å². The molecule has 0 saturated heterocycles. The predicted molar refractivity (Wildman–Crippen MR) is 144 cm³/mol. The van der Waals surface area contributed by atoms with Crippen molar-refractivity contribution in [3.63, 3.8) is 0 Å². The van der Waals surface area contributed by atoms with Crippen LogP contribution in [0.25, 0.3) is 22.2 Å². The Kier molecular flexibility index (Phi) is 6.77. The molecule has 0 spiro atoms. The van der Waals surface area contributed by atoms with Crippen molar-refractivity contribution in [2.24, 2.45) is 7.05 Å². The Labute approximate surface area is 212 Å². The molecule has 178 valence electrons. The average Bonchev–Trinajstić information content (AvgIpc) is 3.28. The van der Waals surface area contributed by atoms with Crippen LogP contribution in [-0.4, -0.2) is 32.3 Å². The molecule has 0 atom stereocenters. The van der Waals surface area contributed by atoms with Gasteiger partial charge in [-0.05, 0) is 41.1 Å². The number of hydrogen-bond donors (Lipinski definition) is 2. The van der Waals surface area contributed by atoms with Gasteiger partial charge in [0.2, 0.25) is 5.91 Å². The van der Waals surface area contributed by atoms with E-state index in [1.54, 1.807) is 0 Å². The number of carbonyl (C=O) groups excluding carboxylic acids is 2. The zero-order chi connectivity index (χ0) is 24.9. The first-order valence-corrected chi connectivity index (χ1v) is 12.3. The summed E-state index contributed by atoms with van der Waals surface area (Å²) in [5.74, 6) is 0.556. The minimum atomic E-state index is -0.178. The van der Waals surface area contributed by atoms with Gasteiger partial charge in [0.15, 0.2) is 11.0 Å². The van der Waals surface area contributed by atoms with Crippen LogP contribution in [0.2, 0.25) is 0 Å². The lowest BCUT2D eigenvalue weighted by molar-refractivity contribution is -0.113. The molecule has 0 unspecified atom stereocenters. The average molecular weight is 494 g/mol. The minimum absolute atomic E-state index is 0.117. The fourth-order valence-corrected chi connectivity index (χ4v) is 4.61. The first-order chi connectivity index (χ1) is 17.6. The minimum Gasteiger partial charge on any atom is -0.325 e. The third kappa shape index (κ3) is 5.13. The number of para-hydroxylation sites is 1. The smallest absolute Gasteiger partial charge is 0.256 e. The molecule has 5 rings (SSSR count). The van der Waals surface area contributed by atoms with Crippen LogP contribution in [0.15, 0.2) is 102 Å². The maximum atomic E-state index is 13.0. The molecule has 0 fully saturated rings. The topological polar surface area (TPSA) is 88.9 Å². The van der Waals surface area contributed by atoms with E-state index in [1.807, 2.05) is 109 Å². The number of hydrogen-bond acceptors (Lipinski definition) is 5. The highest BCUT2D eigenvalue weighted by Gasteiger charge is 2.15. The Balaban J connectivity index is 1.28. The Morgan fingerprint density at radius 2 is 1.53 bits per heavy atom. The van der Waals surface area contributed by atoms with Crippen LogP contribution in [0.5, 0.6) is 0 Å². The second kappa shape index (κ2) is 10.5. The molecular formula is C28H23N5O2S. The summed E-state index contributed by atoms with van der Waals surface area (Å²) in [4.78, 5) is 25.3. The van der Waals surface area contributed by atoms with Crippen LogP contribution in [0, 0.1) is 0 Å². The number of aromatic nitrogens is 3. The number of nitrogens with zero attached hydrogens (tertiary/aromatic N) is 3. The Morgan fingerprint density at radius 3 is 2.39 bits per heavy atom. The molecule has 5 aromatic rings. The van der Waals surface area contributed by atoms with Crippen molar-refractivity contribution < 1.29 is 9.59 Å². The number of carbonyl (C=O) groups is 2. The second-order valence-corrected chi connectivity index (χ2v) is 9.07. The van der Waals surface area contributed by atoms with E-state index in [2.05, 4.69) is 20.8 Å². The van der Waals surface area contributed by atoms with Gasteiger partial charge in [0, 0.05) is 29.5 Å². The van der Waals surface area contributed by atoms with E-state index in [-0.39, 0.29) is 17.6 Å². The molecule has 0 saturated carbocycles. The van der Waals surface area contributed by atoms with E-state index < -0.39 is 0 Å². The van der Waals surface area contributed by atoms with Crippen molar-refractivity contribution in [1.82, 2.24) is 14.8 Å². The normalized spacial score (nSPS) is 10.8. The van der Waals surface area contributed by atoms with Gasteiger partial charge in [0.05, 0.1) is 5.75 Å². The molecule has 36 heavy (non-hydrogen) atoms. The Bertz CT molecular complexity index is 1540. The lowest BCUT2D eigenvalue weighted by atomic mass is 10.0. The summed E-state index contributed by atoms with van der Waals surface area (Å²) in [6.45, 7) is 0. The first kappa shape index (κ1) is 23.3. The number of anilines is 2. The lowest BCUT2D eigenvalue weighted by Crippen LogP contribution is -2.14. The van der Waals surface area contributed by atoms with Gasteiger partial charge in [-0.25, -0.2) is 0 Å². The lowest BCUT2D eigenvalue weighted by Gasteiger charge is -2.10. The van der Waals surface area contributed by atoms with E-state index in [0.29, 0.717) is 22.2 Å². The predicted octanol–water partition coefficient (Wildman–Crippen LogP) is 5.62. The molecule has 0 radical (unpaired) electrons. The van der Waals surface area contributed by atoms with Gasteiger partial charge in [-0.3, -0.25) is 9.59 Å². The quantitative estimate of drug-likeness (QED) is 0.287. The third-order valence-corrected chi connectivity index (χ3v) is 6.66. The highest BCUT2D eigenvalue weighted by molar-refractivity contribution is 7.99. The summed E-state index contributed by atoms with van der Waals surface area (Å²) < 4.78 is 1.84. The summed E-state index contributed by atoms with van der Waals surface area (Å²) in [5.41, 5.74) is 2.83. The molecule has 8 heteroatoms. The van der Waals surface area contributed by atoms with Crippen molar-refractivity contribution in [1.29, 1.82) is 0 Å². The van der Waals surface area contributed by atoms with Gasteiger partial charge in [0.1, 0.15) is 0 Å². The van der Waals surface area contributed by atoms with E-state index in [0.717, 1.165) is 22.0 Å². The second-order valence-electron chi connectivity index (χ2n) is 8.13. The molecular weight excluding hydrogens is 470 g/mol. The van der Waals surface area contributed by atoms with Gasteiger partial charge in [-0.15, -0.1) is 10.2 Å². The number of fused-ring (bicyclic) bond motifs is 1. The SMILES string of the molecule is Cn1c(SCC(=O)Nc2ccccc2)nnc1-c1cccc(NC(=O)c2cccc3ccccc23)c1. The van der Waals surface area contributed by atoms with E-state index >= 15 is 0 Å². The van der Waals surface area contributed by atoms with Gasteiger partial charge in [0.25, 0.3) is 5.91 Å². The molecule has 1 aromatic heterocycles. The fourth-order valence-electron chi connectivity index (χ4n) is 3.90. The Hall–Kier alpha value is -4.43. The highest BCUT2D eigenvalue weighted by atomic mass is 32.2. The summed E-state index contributed by atoms with van der Waals surface area (Å²) in [6.07, 6.45) is 0. The summed E-state index contributed by atoms with van der Waals surface area (Å²) in [6, 6.07) is 30.3. The number of amides is 2. The molecule has 7 nitrogen and oxygen atoms in total. The summed E-state index contributed by atoms with van der Waals surface area (Å²) in [7, 11) is 1.86. The van der Waals surface area contributed by atoms with Crippen molar-refractivity contribution >= 4 is 45.7 Å². The van der Waals surface area contributed by atoms with Crippen molar-refractivity contribution in [2.45, 2.75) is 5.16 Å². The zero-order valence-electron chi connectivity index (χ0n) is 19.5. The van der Waals surface area contributed by atoms with Crippen LogP contribution >= 0.6 is 11.8 Å². The molecule has 4 aromatic carbocycles. The van der Waals surface area contributed by atoms with Crippen LogP contribution in [0.4, 0.5) is 11.4 Å². The number of rotatable bonds is 7. The molecule has 0 aliphatic heterocycles. The summed E-state index contributed by atoms with van der Waals surface area (Å²) >= 11 is 1.31. The van der Waals surface area contributed by atoms with Gasteiger partial charge < -0.3 is 15.2 Å². The van der Waals surface area contributed by atoms with Crippen molar-refractivity contribution in [2.75, 3.05) is 16.4 Å². The maximum absolute atomic E-state index is 13.0. The first-order valence-electron chi connectivity index (χ1n) is 11.3. The third-order valence-electron chi connectivity index (χ3n) is 5.64. The number of nitrogens with one attached hydrogen (secondary N) is 2. The van der Waals surface area contributed by atoms with E-state index in [9.17, 15) is 9.59 Å². The molecule has 1 heterocycles. The highest BCUT2D eigenvalue weighted by Crippen LogP contribution is 2.26. The molecule has 2 N–H and O–H groups in total. The van der Waals surface area contributed by atoms with Gasteiger partial charge in [-0.1, -0.05) is 78.5 Å². The Morgan fingerprint density at radius 1 is 0.806 bits per heavy atom. The van der Waals surface area contributed by atoms with Gasteiger partial charge in [-0.2, -0.15) is 0 Å². The van der Waals surface area contributed by atoms with Crippen LogP contribution in [0.1, 0.15) is 10.4 Å². The number of benzene rings is 4. The van der Waals surface area contributed by atoms with Crippen molar-refractivity contribution in [3.05, 3.63) is 103 Å². The molecule has 0 aliphatic rings. The molecule has 0 bridgehead atoms. The number of thioether (sulfide) groups is 1. The monoisotopic (exact) mass is 493 g/mol. The van der Waals surface area contributed by atoms with Crippen molar-refractivity contribution in [3.8, 4) is 11.4 Å². The largest absolute Gasteiger partial charge is 0.325 e. The molecule has 0 aliphatic carbocycles. The summed E-state index contributed by atoms with van der Waals surface area (Å²) in [5, 5.41) is 17.0. The molecule has 2 amide bonds.